The topological polar surface area (TPSA) is 41.6 Å². The fraction of sp³-hybridized carbons (Fsp3) is 0.923. The second-order valence-corrected chi connectivity index (χ2v) is 5.19. The van der Waals surface area contributed by atoms with Gasteiger partial charge in [-0.05, 0) is 26.2 Å². The summed E-state index contributed by atoms with van der Waals surface area (Å²) in [5, 5.41) is 3.27. The maximum atomic E-state index is 12.3. The van der Waals surface area contributed by atoms with E-state index < -0.39 is 0 Å². The zero-order valence-electron chi connectivity index (χ0n) is 11.4. The molecule has 0 aliphatic carbocycles. The second-order valence-electron chi connectivity index (χ2n) is 5.19. The first kappa shape index (κ1) is 15.7. The van der Waals surface area contributed by atoms with E-state index in [1.165, 1.54) is 0 Å². The number of likely N-dealkylation sites (tertiary alicyclic amines) is 1. The summed E-state index contributed by atoms with van der Waals surface area (Å²) >= 11 is 0. The predicted octanol–water partition coefficient (Wildman–Crippen LogP) is 1.58. The van der Waals surface area contributed by atoms with Crippen LogP contribution in [0.2, 0.25) is 0 Å². The third-order valence-electron chi connectivity index (χ3n) is 3.95. The molecule has 0 aromatic rings. The minimum Gasteiger partial charge on any atom is -0.375 e. The number of carbonyl (C=O) groups excluding carboxylic acids is 1. The number of hydrogen-bond donors (Lipinski definition) is 1. The summed E-state index contributed by atoms with van der Waals surface area (Å²) in [7, 11) is 0. The van der Waals surface area contributed by atoms with Gasteiger partial charge in [0.1, 0.15) is 0 Å². The van der Waals surface area contributed by atoms with Crippen LogP contribution in [0.4, 0.5) is 0 Å². The van der Waals surface area contributed by atoms with Crippen molar-refractivity contribution in [2.45, 2.75) is 57.7 Å². The van der Waals surface area contributed by atoms with Gasteiger partial charge in [-0.2, -0.15) is 0 Å². The van der Waals surface area contributed by atoms with Gasteiger partial charge in [0.15, 0.2) is 0 Å². The number of amides is 1. The predicted molar refractivity (Wildman–Crippen MR) is 74.1 cm³/mol. The van der Waals surface area contributed by atoms with Crippen LogP contribution in [0, 0.1) is 0 Å². The number of nitrogens with zero attached hydrogens (tertiary/aromatic N) is 1. The monoisotopic (exact) mass is 276 g/mol. The Balaban J connectivity index is 0.00000162. The molecule has 2 aliphatic rings. The van der Waals surface area contributed by atoms with Gasteiger partial charge in [0.2, 0.25) is 5.91 Å². The van der Waals surface area contributed by atoms with E-state index in [0.717, 1.165) is 39.0 Å². The van der Waals surface area contributed by atoms with Crippen LogP contribution in [0.25, 0.3) is 0 Å². The zero-order valence-corrected chi connectivity index (χ0v) is 12.2. The van der Waals surface area contributed by atoms with E-state index in [0.29, 0.717) is 18.5 Å². The molecule has 0 aromatic heterocycles. The maximum absolute atomic E-state index is 12.3. The van der Waals surface area contributed by atoms with Crippen molar-refractivity contribution in [1.29, 1.82) is 0 Å². The van der Waals surface area contributed by atoms with Crippen LogP contribution in [0.1, 0.15) is 39.5 Å². The third-order valence-corrected chi connectivity index (χ3v) is 3.95. The summed E-state index contributed by atoms with van der Waals surface area (Å²) in [4.78, 5) is 14.4. The Bertz CT molecular complexity index is 270. The van der Waals surface area contributed by atoms with Gasteiger partial charge in [-0.15, -0.1) is 12.4 Å². The lowest BCUT2D eigenvalue weighted by molar-refractivity contribution is -0.137. The molecule has 4 nitrogen and oxygen atoms in total. The average molecular weight is 277 g/mol. The van der Waals surface area contributed by atoms with Gasteiger partial charge in [-0.25, -0.2) is 0 Å². The molecule has 18 heavy (non-hydrogen) atoms. The fourth-order valence-electron chi connectivity index (χ4n) is 2.97. The molecular formula is C13H25ClN2O2. The molecule has 3 atom stereocenters. The Morgan fingerprint density at radius 3 is 2.83 bits per heavy atom. The Morgan fingerprint density at radius 2 is 2.22 bits per heavy atom. The molecule has 2 aliphatic heterocycles. The first-order valence-corrected chi connectivity index (χ1v) is 6.85. The third kappa shape index (κ3) is 3.59. The summed E-state index contributed by atoms with van der Waals surface area (Å²) in [5.41, 5.74) is 0. The van der Waals surface area contributed by atoms with Crippen LogP contribution < -0.4 is 5.32 Å². The fourth-order valence-corrected chi connectivity index (χ4v) is 2.97. The summed E-state index contributed by atoms with van der Waals surface area (Å²) in [6, 6.07) is 0.859. The Labute approximate surface area is 116 Å². The Morgan fingerprint density at radius 1 is 1.44 bits per heavy atom. The highest BCUT2D eigenvalue weighted by atomic mass is 35.5. The number of ether oxygens (including phenoxy) is 1. The van der Waals surface area contributed by atoms with E-state index in [1.807, 2.05) is 0 Å². The van der Waals surface area contributed by atoms with Crippen molar-refractivity contribution < 1.29 is 9.53 Å². The minimum absolute atomic E-state index is 0. The first-order valence-electron chi connectivity index (χ1n) is 6.85. The molecule has 0 radical (unpaired) electrons. The molecule has 0 saturated carbocycles. The lowest BCUT2D eigenvalue weighted by Crippen LogP contribution is -2.45. The number of hydrogen-bond acceptors (Lipinski definition) is 3. The van der Waals surface area contributed by atoms with Crippen LogP contribution in [0.5, 0.6) is 0 Å². The zero-order chi connectivity index (χ0) is 12.3. The molecular weight excluding hydrogens is 252 g/mol. The first-order chi connectivity index (χ1) is 8.22. The average Bonchev–Trinajstić information content (AvgIpc) is 2.71. The molecule has 0 bridgehead atoms. The number of rotatable bonds is 3. The summed E-state index contributed by atoms with van der Waals surface area (Å²) < 4.78 is 5.60. The number of halogens is 1. The molecule has 1 amide bonds. The molecule has 5 heteroatoms. The van der Waals surface area contributed by atoms with Gasteiger partial charge < -0.3 is 15.0 Å². The second kappa shape index (κ2) is 7.31. The van der Waals surface area contributed by atoms with E-state index >= 15 is 0 Å². The highest BCUT2D eigenvalue weighted by Crippen LogP contribution is 2.27. The van der Waals surface area contributed by atoms with Gasteiger partial charge in [0.05, 0.1) is 19.1 Å². The van der Waals surface area contributed by atoms with Crippen molar-refractivity contribution in [2.24, 2.45) is 0 Å². The number of carbonyl (C=O) groups is 1. The molecule has 2 heterocycles. The highest BCUT2D eigenvalue weighted by Gasteiger charge is 2.34. The lowest BCUT2D eigenvalue weighted by atomic mass is 10.1. The number of nitrogens with one attached hydrogen (secondary N) is 1. The molecule has 0 aromatic carbocycles. The van der Waals surface area contributed by atoms with E-state index in [-0.39, 0.29) is 24.4 Å². The van der Waals surface area contributed by atoms with Gasteiger partial charge in [0, 0.05) is 25.2 Å². The summed E-state index contributed by atoms with van der Waals surface area (Å²) in [5.74, 6) is 0.274. The molecule has 1 N–H and O–H groups in total. The van der Waals surface area contributed by atoms with Crippen LogP contribution in [0.15, 0.2) is 0 Å². The van der Waals surface area contributed by atoms with Crippen molar-refractivity contribution >= 4 is 18.3 Å². The summed E-state index contributed by atoms with van der Waals surface area (Å²) in [6.45, 7) is 6.77. The largest absolute Gasteiger partial charge is 0.375 e. The summed E-state index contributed by atoms with van der Waals surface area (Å²) in [6.07, 6.45) is 3.98. The minimum atomic E-state index is 0. The Kier molecular flexibility index (Phi) is 6.39. The van der Waals surface area contributed by atoms with E-state index in [2.05, 4.69) is 24.1 Å². The standard InChI is InChI=1S/C13H24N2O2.ClH/c1-3-11-5-4-10(2)15(11)13(16)8-12-9-14-6-7-17-12;/h10-12,14H,3-9H2,1-2H3;1H. The van der Waals surface area contributed by atoms with E-state index in [4.69, 9.17) is 4.74 Å². The smallest absolute Gasteiger partial charge is 0.225 e. The maximum Gasteiger partial charge on any atom is 0.225 e. The molecule has 2 fully saturated rings. The molecule has 2 rings (SSSR count). The van der Waals surface area contributed by atoms with E-state index in [9.17, 15) is 4.79 Å². The van der Waals surface area contributed by atoms with Crippen molar-refractivity contribution in [3.05, 3.63) is 0 Å². The number of morpholine rings is 1. The van der Waals surface area contributed by atoms with Crippen LogP contribution in [0.3, 0.4) is 0 Å². The van der Waals surface area contributed by atoms with Crippen molar-refractivity contribution in [3.8, 4) is 0 Å². The van der Waals surface area contributed by atoms with Crippen LogP contribution >= 0.6 is 12.4 Å². The van der Waals surface area contributed by atoms with Crippen LogP contribution in [-0.2, 0) is 9.53 Å². The molecule has 106 valence electrons. The quantitative estimate of drug-likeness (QED) is 0.851. The van der Waals surface area contributed by atoms with Crippen LogP contribution in [-0.4, -0.2) is 48.7 Å². The van der Waals surface area contributed by atoms with Crippen molar-refractivity contribution in [1.82, 2.24) is 10.2 Å². The van der Waals surface area contributed by atoms with Crippen molar-refractivity contribution in [3.63, 3.8) is 0 Å². The van der Waals surface area contributed by atoms with Gasteiger partial charge in [-0.1, -0.05) is 6.92 Å². The van der Waals surface area contributed by atoms with Crippen molar-refractivity contribution in [2.75, 3.05) is 19.7 Å². The molecule has 0 spiro atoms. The Hall–Kier alpha value is -0.320. The van der Waals surface area contributed by atoms with Gasteiger partial charge >= 0.3 is 0 Å². The SMILES string of the molecule is CCC1CCC(C)N1C(=O)CC1CNCCO1.Cl. The van der Waals surface area contributed by atoms with Gasteiger partial charge in [0.25, 0.3) is 0 Å². The normalized spacial score (nSPS) is 32.1. The van der Waals surface area contributed by atoms with E-state index in [1.54, 1.807) is 0 Å². The highest BCUT2D eigenvalue weighted by molar-refractivity contribution is 5.85. The lowest BCUT2D eigenvalue weighted by Gasteiger charge is -2.31. The van der Waals surface area contributed by atoms with Gasteiger partial charge in [-0.3, -0.25) is 4.79 Å². The molecule has 2 saturated heterocycles. The molecule has 3 unspecified atom stereocenters.